The van der Waals surface area contributed by atoms with Crippen molar-refractivity contribution in [2.45, 2.75) is 0 Å². The van der Waals surface area contributed by atoms with E-state index >= 15 is 0 Å². The summed E-state index contributed by atoms with van der Waals surface area (Å²) in [5.41, 5.74) is 5.83. The van der Waals surface area contributed by atoms with Crippen LogP contribution in [0, 0.1) is 5.41 Å². The zero-order chi connectivity index (χ0) is 13.0. The van der Waals surface area contributed by atoms with E-state index in [0.29, 0.717) is 11.3 Å². The quantitative estimate of drug-likeness (QED) is 0.628. The number of hydrogen-bond donors (Lipinski definition) is 2. The van der Waals surface area contributed by atoms with Gasteiger partial charge in [-0.1, -0.05) is 0 Å². The van der Waals surface area contributed by atoms with Crippen molar-refractivity contribution in [2.75, 3.05) is 7.11 Å². The Bertz CT molecular complexity index is 554. The van der Waals surface area contributed by atoms with Gasteiger partial charge in [0.2, 0.25) is 5.88 Å². The van der Waals surface area contributed by atoms with Crippen LogP contribution in [0.15, 0.2) is 36.5 Å². The van der Waals surface area contributed by atoms with Crippen LogP contribution in [-0.4, -0.2) is 23.1 Å². The summed E-state index contributed by atoms with van der Waals surface area (Å²) < 4.78 is 10.6. The predicted octanol–water partition coefficient (Wildman–Crippen LogP) is 1.56. The molecule has 3 N–H and O–H groups in total. The van der Waals surface area contributed by atoms with Gasteiger partial charge in [0.25, 0.3) is 0 Å². The number of aromatic nitrogens is 2. The molecule has 0 saturated carbocycles. The van der Waals surface area contributed by atoms with Gasteiger partial charge in [-0.3, -0.25) is 5.41 Å². The van der Waals surface area contributed by atoms with E-state index in [0.717, 1.165) is 5.75 Å². The molecular weight excluding hydrogens is 232 g/mol. The van der Waals surface area contributed by atoms with Crippen LogP contribution < -0.4 is 15.2 Å². The molecule has 0 saturated heterocycles. The first-order valence-electron chi connectivity index (χ1n) is 5.18. The average Bonchev–Trinajstić information content (AvgIpc) is 2.40. The van der Waals surface area contributed by atoms with Crippen LogP contribution in [0.25, 0.3) is 0 Å². The smallest absolute Gasteiger partial charge is 0.249 e. The first-order chi connectivity index (χ1) is 8.70. The van der Waals surface area contributed by atoms with E-state index in [4.69, 9.17) is 20.6 Å². The molecule has 0 spiro atoms. The molecule has 1 aromatic heterocycles. The summed E-state index contributed by atoms with van der Waals surface area (Å²) >= 11 is 0. The van der Waals surface area contributed by atoms with E-state index < -0.39 is 0 Å². The monoisotopic (exact) mass is 244 g/mol. The maximum Gasteiger partial charge on any atom is 0.249 e. The standard InChI is InChI=1S/C12H12N4O2/c1-17-8-2-4-9(5-3-8)18-12-10(11(13)14)6-7-15-16-12/h2-7H,1H3,(H3,13,14). The Morgan fingerprint density at radius 3 is 2.44 bits per heavy atom. The molecule has 0 fully saturated rings. The van der Waals surface area contributed by atoms with Gasteiger partial charge in [-0.15, -0.1) is 5.10 Å². The summed E-state index contributed by atoms with van der Waals surface area (Å²) in [7, 11) is 1.59. The van der Waals surface area contributed by atoms with Crippen molar-refractivity contribution in [3.8, 4) is 17.4 Å². The molecule has 0 aliphatic rings. The molecule has 0 radical (unpaired) electrons. The maximum absolute atomic E-state index is 7.42. The minimum absolute atomic E-state index is 0.117. The lowest BCUT2D eigenvalue weighted by atomic mass is 10.3. The number of nitrogen functional groups attached to an aromatic ring is 1. The summed E-state index contributed by atoms with van der Waals surface area (Å²) in [4.78, 5) is 0. The van der Waals surface area contributed by atoms with Crippen LogP contribution in [0.5, 0.6) is 17.4 Å². The number of nitrogens with two attached hydrogens (primary N) is 1. The van der Waals surface area contributed by atoms with Crippen molar-refractivity contribution in [2.24, 2.45) is 5.73 Å². The highest BCUT2D eigenvalue weighted by Crippen LogP contribution is 2.24. The number of benzene rings is 1. The molecule has 0 amide bonds. The van der Waals surface area contributed by atoms with Gasteiger partial charge in [0.05, 0.1) is 18.9 Å². The van der Waals surface area contributed by atoms with Crippen molar-refractivity contribution in [1.29, 1.82) is 5.41 Å². The second-order valence-electron chi connectivity index (χ2n) is 3.44. The van der Waals surface area contributed by atoms with Crippen molar-refractivity contribution in [3.63, 3.8) is 0 Å². The molecule has 18 heavy (non-hydrogen) atoms. The summed E-state index contributed by atoms with van der Waals surface area (Å²) in [6, 6.07) is 8.57. The Labute approximate surface area is 104 Å². The number of ether oxygens (including phenoxy) is 2. The van der Waals surface area contributed by atoms with E-state index in [1.54, 1.807) is 37.4 Å². The van der Waals surface area contributed by atoms with Crippen LogP contribution in [-0.2, 0) is 0 Å². The molecule has 2 aromatic rings. The molecular formula is C12H12N4O2. The highest BCUT2D eigenvalue weighted by Gasteiger charge is 2.09. The molecule has 6 heteroatoms. The van der Waals surface area contributed by atoms with Crippen molar-refractivity contribution < 1.29 is 9.47 Å². The summed E-state index contributed by atoms with van der Waals surface area (Å²) in [6.07, 6.45) is 1.46. The first-order valence-corrected chi connectivity index (χ1v) is 5.18. The SMILES string of the molecule is COc1ccc(Oc2nnccc2C(=N)N)cc1. The lowest BCUT2D eigenvalue weighted by Gasteiger charge is -2.08. The van der Waals surface area contributed by atoms with Gasteiger partial charge in [0.15, 0.2) is 0 Å². The van der Waals surface area contributed by atoms with E-state index in [9.17, 15) is 0 Å². The van der Waals surface area contributed by atoms with Gasteiger partial charge in [-0.05, 0) is 30.3 Å². The fourth-order valence-corrected chi connectivity index (χ4v) is 1.35. The molecule has 0 bridgehead atoms. The topological polar surface area (TPSA) is 94.1 Å². The number of nitrogens with zero attached hydrogens (tertiary/aromatic N) is 2. The van der Waals surface area contributed by atoms with E-state index in [2.05, 4.69) is 10.2 Å². The second-order valence-corrected chi connectivity index (χ2v) is 3.44. The van der Waals surface area contributed by atoms with Gasteiger partial charge >= 0.3 is 0 Å². The first kappa shape index (κ1) is 11.8. The highest BCUT2D eigenvalue weighted by molar-refractivity contribution is 5.96. The predicted molar refractivity (Wildman–Crippen MR) is 66.1 cm³/mol. The summed E-state index contributed by atoms with van der Waals surface area (Å²) in [5.74, 6) is 1.38. The zero-order valence-electron chi connectivity index (χ0n) is 9.75. The molecule has 0 aliphatic carbocycles. The zero-order valence-corrected chi connectivity index (χ0v) is 9.75. The van der Waals surface area contributed by atoms with Crippen molar-refractivity contribution in [3.05, 3.63) is 42.1 Å². The van der Waals surface area contributed by atoms with Gasteiger partial charge in [-0.2, -0.15) is 5.10 Å². The fraction of sp³-hybridized carbons (Fsp3) is 0.0833. The van der Waals surface area contributed by atoms with Gasteiger partial charge in [0.1, 0.15) is 17.3 Å². The Kier molecular flexibility index (Phi) is 3.38. The van der Waals surface area contributed by atoms with Crippen molar-refractivity contribution in [1.82, 2.24) is 10.2 Å². The fourth-order valence-electron chi connectivity index (χ4n) is 1.35. The number of rotatable bonds is 4. The minimum atomic E-state index is -0.117. The summed E-state index contributed by atoms with van der Waals surface area (Å²) in [6.45, 7) is 0. The van der Waals surface area contributed by atoms with Gasteiger partial charge in [0, 0.05) is 0 Å². The largest absolute Gasteiger partial charge is 0.497 e. The third-order valence-corrected chi connectivity index (χ3v) is 2.25. The minimum Gasteiger partial charge on any atom is -0.497 e. The van der Waals surface area contributed by atoms with E-state index in [1.807, 2.05) is 0 Å². The van der Waals surface area contributed by atoms with Gasteiger partial charge in [-0.25, -0.2) is 0 Å². The Balaban J connectivity index is 2.25. The van der Waals surface area contributed by atoms with E-state index in [1.165, 1.54) is 6.20 Å². The molecule has 1 heterocycles. The Morgan fingerprint density at radius 1 is 1.17 bits per heavy atom. The normalized spacial score (nSPS) is 9.83. The van der Waals surface area contributed by atoms with E-state index in [-0.39, 0.29) is 11.7 Å². The average molecular weight is 244 g/mol. The maximum atomic E-state index is 7.42. The second kappa shape index (κ2) is 5.13. The molecule has 0 aliphatic heterocycles. The summed E-state index contributed by atoms with van der Waals surface area (Å²) in [5, 5.41) is 14.9. The molecule has 0 unspecified atom stereocenters. The Hall–Kier alpha value is -2.63. The Morgan fingerprint density at radius 2 is 1.83 bits per heavy atom. The molecule has 1 aromatic carbocycles. The number of amidine groups is 1. The van der Waals surface area contributed by atoms with Crippen LogP contribution >= 0.6 is 0 Å². The third kappa shape index (κ3) is 2.54. The lowest BCUT2D eigenvalue weighted by molar-refractivity contribution is 0.411. The van der Waals surface area contributed by atoms with Gasteiger partial charge < -0.3 is 15.2 Å². The van der Waals surface area contributed by atoms with Crippen LogP contribution in [0.3, 0.4) is 0 Å². The molecule has 2 rings (SSSR count). The lowest BCUT2D eigenvalue weighted by Crippen LogP contribution is -2.13. The number of hydrogen-bond acceptors (Lipinski definition) is 5. The highest BCUT2D eigenvalue weighted by atomic mass is 16.5. The number of methoxy groups -OCH3 is 1. The van der Waals surface area contributed by atoms with Crippen LogP contribution in [0.2, 0.25) is 0 Å². The van der Waals surface area contributed by atoms with Crippen LogP contribution in [0.1, 0.15) is 5.56 Å². The number of nitrogens with one attached hydrogen (secondary N) is 1. The molecule has 0 atom stereocenters. The van der Waals surface area contributed by atoms with Crippen LogP contribution in [0.4, 0.5) is 0 Å². The third-order valence-electron chi connectivity index (χ3n) is 2.25. The van der Waals surface area contributed by atoms with Crippen molar-refractivity contribution >= 4 is 5.84 Å². The molecule has 6 nitrogen and oxygen atoms in total. The molecule has 92 valence electrons.